The number of alkyl halides is 6. The van der Waals surface area contributed by atoms with Crippen molar-refractivity contribution in [1.82, 2.24) is 30.6 Å². The number of nitrogens with one attached hydrogen (secondary N) is 1. The van der Waals surface area contributed by atoms with Crippen LogP contribution in [0.5, 0.6) is 0 Å². The average molecular weight is 819 g/mol. The van der Waals surface area contributed by atoms with Gasteiger partial charge in [-0.3, -0.25) is 9.80 Å². The van der Waals surface area contributed by atoms with Gasteiger partial charge in [-0.25, -0.2) is 9.59 Å². The van der Waals surface area contributed by atoms with Crippen LogP contribution in [0.1, 0.15) is 54.2 Å². The van der Waals surface area contributed by atoms with Gasteiger partial charge in [-0.15, -0.1) is 20.4 Å². The molecule has 0 spiro atoms. The quantitative estimate of drug-likeness (QED) is 0.135. The zero-order valence-electron chi connectivity index (χ0n) is 31.4. The molecule has 1 aliphatic rings. The minimum atomic E-state index is -4.77. The number of aromatic nitrogens is 4. The van der Waals surface area contributed by atoms with Crippen LogP contribution in [0.25, 0.3) is 22.9 Å². The van der Waals surface area contributed by atoms with Gasteiger partial charge in [-0.2, -0.15) is 26.3 Å². The molecule has 2 aromatic heterocycles. The molecule has 0 aliphatic carbocycles. The molecule has 1 N–H and O–H groups in total. The zero-order chi connectivity index (χ0) is 41.7. The molecule has 1 aliphatic heterocycles. The van der Waals surface area contributed by atoms with Gasteiger partial charge in [0.15, 0.2) is 0 Å². The number of carbonyl (C=O) groups excluding carboxylic acids is 2. The number of urea groups is 2. The smallest absolute Gasteiger partial charge is 0.413 e. The molecule has 0 radical (unpaired) electrons. The second-order valence-electron chi connectivity index (χ2n) is 13.7. The summed E-state index contributed by atoms with van der Waals surface area (Å²) in [6, 6.07) is 29.1. The normalized spacial score (nSPS) is 14.6. The van der Waals surface area contributed by atoms with E-state index < -0.39 is 24.1 Å². The first-order chi connectivity index (χ1) is 28.3. The molecule has 4 aromatic carbocycles. The van der Waals surface area contributed by atoms with Crippen molar-refractivity contribution < 1.29 is 44.8 Å². The Morgan fingerprint density at radius 1 is 0.712 bits per heavy atom. The predicted molar refractivity (Wildman–Crippen MR) is 203 cm³/mol. The van der Waals surface area contributed by atoms with Gasteiger partial charge in [0.05, 0.1) is 13.1 Å². The Balaban J connectivity index is 1.07. The Hall–Kier alpha value is -6.72. The van der Waals surface area contributed by atoms with E-state index in [1.165, 1.54) is 0 Å². The van der Waals surface area contributed by atoms with Crippen LogP contribution in [0.2, 0.25) is 0 Å². The fraction of sp³-hybridized carbons (Fsp3) is 0.268. The number of hydrogen-bond acceptors (Lipinski definition) is 8. The third kappa shape index (κ3) is 9.54. The highest BCUT2D eigenvalue weighted by Gasteiger charge is 2.39. The Labute approximate surface area is 333 Å². The first-order valence-corrected chi connectivity index (χ1v) is 18.5. The summed E-state index contributed by atoms with van der Waals surface area (Å²) in [5, 5.41) is 16.0. The van der Waals surface area contributed by atoms with Gasteiger partial charge < -0.3 is 19.1 Å². The standard InChI is InChI=1S/C41H36F6N8O4/c1-2-48-38(56)54(23-26-13-17-28(18-14-26)34-49-51-36(58-34)40(42,43)44)33-12-6-8-30(22-33)31-9-7-21-53(25-31)39(57)55(32-10-4-3-5-11-32)24-27-15-19-29(20-16-27)35-50-52-37(59-35)41(45,46)47/h3-6,8,10-20,22,31H,2,7,9,21,23-25H2,1H3,(H,48,56). The van der Waals surface area contributed by atoms with E-state index in [0.29, 0.717) is 47.7 Å². The number of carbonyl (C=O) groups is 2. The molecule has 59 heavy (non-hydrogen) atoms. The van der Waals surface area contributed by atoms with Crippen LogP contribution in [-0.2, 0) is 25.4 Å². The summed E-state index contributed by atoms with van der Waals surface area (Å²) >= 11 is 0. The van der Waals surface area contributed by atoms with Crippen molar-refractivity contribution in [2.45, 2.75) is 51.1 Å². The summed E-state index contributed by atoms with van der Waals surface area (Å²) in [4.78, 5) is 32.8. The number of para-hydroxylation sites is 1. The molecule has 1 unspecified atom stereocenters. The summed E-state index contributed by atoms with van der Waals surface area (Å²) < 4.78 is 87.6. The summed E-state index contributed by atoms with van der Waals surface area (Å²) in [6.07, 6.45) is -8.02. The topological polar surface area (TPSA) is 134 Å². The molecule has 12 nitrogen and oxygen atoms in total. The van der Waals surface area contributed by atoms with Crippen LogP contribution in [0.4, 0.5) is 47.3 Å². The molecule has 7 rings (SSSR count). The Kier molecular flexibility index (Phi) is 11.7. The highest BCUT2D eigenvalue weighted by Crippen LogP contribution is 2.34. The van der Waals surface area contributed by atoms with Gasteiger partial charge in [0.2, 0.25) is 11.8 Å². The van der Waals surface area contributed by atoms with Crippen LogP contribution < -0.4 is 15.1 Å². The van der Waals surface area contributed by atoms with E-state index in [2.05, 4.69) is 25.7 Å². The predicted octanol–water partition coefficient (Wildman–Crippen LogP) is 9.57. The number of hydrogen-bond donors (Lipinski definition) is 1. The van der Waals surface area contributed by atoms with E-state index in [-0.39, 0.29) is 48.4 Å². The van der Waals surface area contributed by atoms with Crippen LogP contribution in [0, 0.1) is 0 Å². The maximum Gasteiger partial charge on any atom is 0.470 e. The van der Waals surface area contributed by atoms with E-state index in [4.69, 9.17) is 8.83 Å². The Morgan fingerprint density at radius 2 is 1.25 bits per heavy atom. The van der Waals surface area contributed by atoms with Gasteiger partial charge in [-0.05, 0) is 85.0 Å². The second-order valence-corrected chi connectivity index (χ2v) is 13.7. The fourth-order valence-corrected chi connectivity index (χ4v) is 6.72. The maximum atomic E-state index is 14.4. The lowest BCUT2D eigenvalue weighted by atomic mass is 9.90. The Morgan fingerprint density at radius 3 is 1.78 bits per heavy atom. The number of anilines is 2. The number of benzene rings is 4. The first kappa shape index (κ1) is 40.5. The monoisotopic (exact) mass is 818 g/mol. The van der Waals surface area contributed by atoms with E-state index in [0.717, 1.165) is 18.4 Å². The summed E-state index contributed by atoms with van der Waals surface area (Å²) in [6.45, 7) is 3.39. The maximum absolute atomic E-state index is 14.4. The van der Waals surface area contributed by atoms with Crippen LogP contribution in [-0.4, -0.2) is 57.0 Å². The van der Waals surface area contributed by atoms with Crippen molar-refractivity contribution in [2.75, 3.05) is 29.4 Å². The second kappa shape index (κ2) is 17.0. The highest BCUT2D eigenvalue weighted by molar-refractivity contribution is 5.93. The number of halogens is 6. The minimum Gasteiger partial charge on any atom is -0.413 e. The summed E-state index contributed by atoms with van der Waals surface area (Å²) in [5.41, 5.74) is 4.19. The molecular weight excluding hydrogens is 782 g/mol. The minimum absolute atomic E-state index is 0.0630. The molecule has 1 fully saturated rings. The lowest BCUT2D eigenvalue weighted by molar-refractivity contribution is -0.157. The van der Waals surface area contributed by atoms with E-state index in [1.54, 1.807) is 70.2 Å². The number of amides is 4. The lowest BCUT2D eigenvalue weighted by Crippen LogP contribution is -2.47. The molecule has 3 heterocycles. The van der Waals surface area contributed by atoms with Gasteiger partial charge in [0, 0.05) is 48.1 Å². The number of rotatable bonds is 10. The molecule has 1 saturated heterocycles. The third-order valence-electron chi connectivity index (χ3n) is 9.64. The van der Waals surface area contributed by atoms with Crippen molar-refractivity contribution in [1.29, 1.82) is 0 Å². The van der Waals surface area contributed by atoms with E-state index in [1.807, 2.05) is 54.6 Å². The lowest BCUT2D eigenvalue weighted by Gasteiger charge is -2.37. The van der Waals surface area contributed by atoms with Crippen molar-refractivity contribution in [3.63, 3.8) is 0 Å². The highest BCUT2D eigenvalue weighted by atomic mass is 19.4. The molecule has 1 atom stereocenters. The van der Waals surface area contributed by atoms with E-state index in [9.17, 15) is 35.9 Å². The van der Waals surface area contributed by atoms with Crippen LogP contribution in [0.3, 0.4) is 0 Å². The first-order valence-electron chi connectivity index (χ1n) is 18.5. The third-order valence-corrected chi connectivity index (χ3v) is 9.64. The molecular formula is C41H36F6N8O4. The van der Waals surface area contributed by atoms with Gasteiger partial charge >= 0.3 is 36.2 Å². The molecule has 4 amide bonds. The molecule has 18 heteroatoms. The molecule has 0 saturated carbocycles. The average Bonchev–Trinajstić information content (AvgIpc) is 3.95. The van der Waals surface area contributed by atoms with Crippen molar-refractivity contribution in [3.8, 4) is 22.9 Å². The molecule has 6 aromatic rings. The number of piperidine rings is 1. The summed E-state index contributed by atoms with van der Waals surface area (Å²) in [7, 11) is 0. The van der Waals surface area contributed by atoms with Crippen LogP contribution in [0.15, 0.2) is 112 Å². The van der Waals surface area contributed by atoms with E-state index >= 15 is 0 Å². The van der Waals surface area contributed by atoms with Crippen LogP contribution >= 0.6 is 0 Å². The largest absolute Gasteiger partial charge is 0.470 e. The Bertz CT molecular complexity index is 2370. The van der Waals surface area contributed by atoms with Crippen molar-refractivity contribution in [3.05, 3.63) is 132 Å². The molecule has 306 valence electrons. The summed E-state index contributed by atoms with van der Waals surface area (Å²) in [5.74, 6) is -3.51. The van der Waals surface area contributed by atoms with Gasteiger partial charge in [-0.1, -0.05) is 54.6 Å². The van der Waals surface area contributed by atoms with Crippen molar-refractivity contribution >= 4 is 23.4 Å². The van der Waals surface area contributed by atoms with Gasteiger partial charge in [0.25, 0.3) is 0 Å². The SMILES string of the molecule is CCNC(=O)N(Cc1ccc(-c2nnc(C(F)(F)F)o2)cc1)c1cccc(C2CCCN(C(=O)N(Cc3ccc(-c4nnc(C(F)(F)F)o4)cc3)c3ccccc3)C2)c1. The molecule has 0 bridgehead atoms. The van der Waals surface area contributed by atoms with Gasteiger partial charge in [0.1, 0.15) is 0 Å². The zero-order valence-corrected chi connectivity index (χ0v) is 31.4. The van der Waals surface area contributed by atoms with Crippen molar-refractivity contribution in [2.24, 2.45) is 0 Å². The number of nitrogens with zero attached hydrogens (tertiary/aromatic N) is 7. The fourth-order valence-electron chi connectivity index (χ4n) is 6.72. The number of likely N-dealkylation sites (tertiary alicyclic amines) is 1.